The fourth-order valence-electron chi connectivity index (χ4n) is 2.06. The summed E-state index contributed by atoms with van der Waals surface area (Å²) in [7, 11) is 0. The lowest BCUT2D eigenvalue weighted by atomic mass is 10.1. The number of benzene rings is 1. The summed E-state index contributed by atoms with van der Waals surface area (Å²) in [6, 6.07) is 12.5. The van der Waals surface area contributed by atoms with E-state index in [1.54, 1.807) is 6.20 Å². The zero-order chi connectivity index (χ0) is 13.7. The molecule has 0 saturated heterocycles. The van der Waals surface area contributed by atoms with E-state index in [4.69, 9.17) is 5.26 Å². The zero-order valence-corrected chi connectivity index (χ0v) is 12.0. The van der Waals surface area contributed by atoms with Gasteiger partial charge in [-0.25, -0.2) is 4.98 Å². The molecule has 0 bridgehead atoms. The van der Waals surface area contributed by atoms with Gasteiger partial charge in [0.05, 0.1) is 0 Å². The minimum atomic E-state index is 0.490. The highest BCUT2D eigenvalue weighted by atomic mass is 32.2. The van der Waals surface area contributed by atoms with E-state index in [9.17, 15) is 0 Å². The highest BCUT2D eigenvalue weighted by Gasteiger charge is 1.99. The molecule has 1 aromatic heterocycles. The third kappa shape index (κ3) is 4.11. The predicted molar refractivity (Wildman–Crippen MR) is 79.9 cm³/mol. The van der Waals surface area contributed by atoms with Crippen molar-refractivity contribution >= 4 is 11.8 Å². The van der Waals surface area contributed by atoms with E-state index < -0.39 is 0 Å². The van der Waals surface area contributed by atoms with Crippen molar-refractivity contribution in [3.05, 3.63) is 64.5 Å². The van der Waals surface area contributed by atoms with Crippen molar-refractivity contribution in [2.45, 2.75) is 25.4 Å². The molecule has 0 radical (unpaired) electrons. The van der Waals surface area contributed by atoms with Crippen LogP contribution in [0, 0.1) is 25.2 Å². The Morgan fingerprint density at radius 3 is 2.42 bits per heavy atom. The molecule has 0 aliphatic rings. The molecule has 0 aliphatic heterocycles. The summed E-state index contributed by atoms with van der Waals surface area (Å²) >= 11 is 1.86. The smallest absolute Gasteiger partial charge is 0.140 e. The third-order valence-corrected chi connectivity index (χ3v) is 3.83. The molecular weight excluding hydrogens is 252 g/mol. The maximum Gasteiger partial charge on any atom is 0.140 e. The van der Waals surface area contributed by atoms with Crippen LogP contribution in [0.5, 0.6) is 0 Å². The number of pyridine rings is 1. The topological polar surface area (TPSA) is 36.7 Å². The number of aromatic nitrogens is 1. The summed E-state index contributed by atoms with van der Waals surface area (Å²) in [6.07, 6.45) is 1.70. The zero-order valence-electron chi connectivity index (χ0n) is 11.2. The Morgan fingerprint density at radius 1 is 1.05 bits per heavy atom. The molecule has 0 saturated carbocycles. The van der Waals surface area contributed by atoms with Gasteiger partial charge in [0.2, 0.25) is 0 Å². The first kappa shape index (κ1) is 13.6. The van der Waals surface area contributed by atoms with Gasteiger partial charge in [0.25, 0.3) is 0 Å². The molecule has 0 unspecified atom stereocenters. The van der Waals surface area contributed by atoms with Crippen molar-refractivity contribution in [1.29, 1.82) is 5.26 Å². The van der Waals surface area contributed by atoms with Crippen molar-refractivity contribution in [3.63, 3.8) is 0 Å². The second kappa shape index (κ2) is 6.40. The quantitative estimate of drug-likeness (QED) is 0.841. The summed E-state index contributed by atoms with van der Waals surface area (Å²) in [4.78, 5) is 3.98. The predicted octanol–water partition coefficient (Wildman–Crippen LogP) is 4.00. The maximum absolute atomic E-state index is 8.81. The first-order valence-corrected chi connectivity index (χ1v) is 7.33. The Morgan fingerprint density at radius 2 is 1.74 bits per heavy atom. The van der Waals surface area contributed by atoms with Crippen molar-refractivity contribution in [2.75, 3.05) is 0 Å². The van der Waals surface area contributed by atoms with E-state index in [-0.39, 0.29) is 0 Å². The van der Waals surface area contributed by atoms with Crippen LogP contribution in [0.2, 0.25) is 0 Å². The van der Waals surface area contributed by atoms with Crippen LogP contribution in [0.15, 0.2) is 36.5 Å². The van der Waals surface area contributed by atoms with E-state index in [2.05, 4.69) is 43.1 Å². The van der Waals surface area contributed by atoms with Gasteiger partial charge in [-0.3, -0.25) is 0 Å². The molecule has 19 heavy (non-hydrogen) atoms. The van der Waals surface area contributed by atoms with Crippen LogP contribution in [0.3, 0.4) is 0 Å². The molecule has 0 aliphatic carbocycles. The lowest BCUT2D eigenvalue weighted by Gasteiger charge is -2.05. The molecule has 0 amide bonds. The van der Waals surface area contributed by atoms with Crippen LogP contribution >= 0.6 is 11.8 Å². The van der Waals surface area contributed by atoms with Crippen LogP contribution in [0.25, 0.3) is 0 Å². The van der Waals surface area contributed by atoms with Crippen molar-refractivity contribution in [2.24, 2.45) is 0 Å². The number of thioether (sulfide) groups is 1. The number of hydrogen-bond donors (Lipinski definition) is 0. The highest BCUT2D eigenvalue weighted by molar-refractivity contribution is 7.97. The molecule has 0 atom stereocenters. The maximum atomic E-state index is 8.81. The molecule has 1 aromatic carbocycles. The Labute approximate surface area is 118 Å². The monoisotopic (exact) mass is 268 g/mol. The van der Waals surface area contributed by atoms with Gasteiger partial charge < -0.3 is 0 Å². The first-order valence-electron chi connectivity index (χ1n) is 6.17. The van der Waals surface area contributed by atoms with Gasteiger partial charge >= 0.3 is 0 Å². The van der Waals surface area contributed by atoms with Crippen LogP contribution < -0.4 is 0 Å². The van der Waals surface area contributed by atoms with Gasteiger partial charge in [-0.1, -0.05) is 29.3 Å². The van der Waals surface area contributed by atoms with Crippen molar-refractivity contribution in [3.8, 4) is 6.07 Å². The number of aryl methyl sites for hydroxylation is 2. The lowest BCUT2D eigenvalue weighted by Crippen LogP contribution is -1.88. The van der Waals surface area contributed by atoms with Gasteiger partial charge in [-0.05, 0) is 37.1 Å². The fourth-order valence-corrected chi connectivity index (χ4v) is 2.98. The van der Waals surface area contributed by atoms with Gasteiger partial charge in [0.15, 0.2) is 0 Å². The minimum absolute atomic E-state index is 0.490. The molecule has 2 nitrogen and oxygen atoms in total. The summed E-state index contributed by atoms with van der Waals surface area (Å²) < 4.78 is 0. The lowest BCUT2D eigenvalue weighted by molar-refractivity contribution is 1.22. The number of rotatable bonds is 4. The molecule has 0 spiro atoms. The summed E-state index contributed by atoms with van der Waals surface area (Å²) in [5.41, 5.74) is 5.63. The van der Waals surface area contributed by atoms with Gasteiger partial charge in [-0.2, -0.15) is 17.0 Å². The molecule has 96 valence electrons. The van der Waals surface area contributed by atoms with Gasteiger partial charge in [0.1, 0.15) is 11.8 Å². The second-order valence-corrected chi connectivity index (χ2v) is 5.64. The molecular formula is C16H16N2S. The Hall–Kier alpha value is -1.79. The van der Waals surface area contributed by atoms with Crippen LogP contribution in [0.4, 0.5) is 0 Å². The number of nitrogens with zero attached hydrogens (tertiary/aromatic N) is 2. The average Bonchev–Trinajstić information content (AvgIpc) is 2.38. The first-order chi connectivity index (χ1) is 9.17. The number of nitriles is 1. The molecule has 1 heterocycles. The van der Waals surface area contributed by atoms with Crippen LogP contribution in [-0.4, -0.2) is 4.98 Å². The molecule has 2 aromatic rings. The molecule has 2 rings (SSSR count). The summed E-state index contributed by atoms with van der Waals surface area (Å²) in [6.45, 7) is 4.26. The van der Waals surface area contributed by atoms with E-state index in [0.717, 1.165) is 17.1 Å². The second-order valence-electron chi connectivity index (χ2n) is 4.65. The Balaban J connectivity index is 1.94. The average molecular weight is 268 g/mol. The van der Waals surface area contributed by atoms with Crippen molar-refractivity contribution in [1.82, 2.24) is 4.98 Å². The summed E-state index contributed by atoms with van der Waals surface area (Å²) in [5, 5.41) is 8.81. The highest BCUT2D eigenvalue weighted by Crippen LogP contribution is 2.19. The van der Waals surface area contributed by atoms with E-state index in [1.807, 2.05) is 23.9 Å². The largest absolute Gasteiger partial charge is 0.246 e. The molecule has 3 heteroatoms. The normalized spacial score (nSPS) is 10.2. The van der Waals surface area contributed by atoms with E-state index in [1.165, 1.54) is 16.7 Å². The third-order valence-electron chi connectivity index (χ3n) is 2.76. The number of hydrogen-bond acceptors (Lipinski definition) is 3. The van der Waals surface area contributed by atoms with Crippen LogP contribution in [-0.2, 0) is 11.5 Å². The van der Waals surface area contributed by atoms with E-state index >= 15 is 0 Å². The Kier molecular flexibility index (Phi) is 4.59. The molecule has 0 N–H and O–H groups in total. The van der Waals surface area contributed by atoms with Crippen molar-refractivity contribution < 1.29 is 0 Å². The molecule has 0 fully saturated rings. The summed E-state index contributed by atoms with van der Waals surface area (Å²) in [5.74, 6) is 1.90. The standard InChI is InChI=1S/C16H16N2S/c1-12-5-13(2)7-15(6-12)11-19-10-14-3-4-18-16(8-14)9-17/h3-8H,10-11H2,1-2H3. The van der Waals surface area contributed by atoms with Crippen LogP contribution in [0.1, 0.15) is 27.9 Å². The van der Waals surface area contributed by atoms with Gasteiger partial charge in [-0.15, -0.1) is 0 Å². The van der Waals surface area contributed by atoms with E-state index in [0.29, 0.717) is 5.69 Å². The minimum Gasteiger partial charge on any atom is -0.246 e. The SMILES string of the molecule is Cc1cc(C)cc(CSCc2ccnc(C#N)c2)c1. The Bertz CT molecular complexity index is 594. The van der Waals surface area contributed by atoms with Gasteiger partial charge in [0, 0.05) is 17.7 Å². The fraction of sp³-hybridized carbons (Fsp3) is 0.250.